The Hall–Kier alpha value is -1.41. The molecule has 0 saturated heterocycles. The third-order valence-electron chi connectivity index (χ3n) is 5.14. The van der Waals surface area contributed by atoms with Gasteiger partial charge in [0.1, 0.15) is 0 Å². The third kappa shape index (κ3) is 5.81. The quantitative estimate of drug-likeness (QED) is 0.598. The fourth-order valence-electron chi connectivity index (χ4n) is 3.55. The molecule has 29 heavy (non-hydrogen) atoms. The Morgan fingerprint density at radius 1 is 1.07 bits per heavy atom. The van der Waals surface area contributed by atoms with E-state index in [4.69, 9.17) is 11.6 Å². The Labute approximate surface area is 185 Å². The molecule has 2 aromatic carbocycles. The average Bonchev–Trinajstić information content (AvgIpc) is 2.72. The lowest BCUT2D eigenvalue weighted by Crippen LogP contribution is -2.46. The van der Waals surface area contributed by atoms with Crippen molar-refractivity contribution in [3.05, 3.63) is 63.6 Å². The summed E-state index contributed by atoms with van der Waals surface area (Å²) >= 11 is 9.47. The molecule has 1 amide bonds. The van der Waals surface area contributed by atoms with Gasteiger partial charge in [0.2, 0.25) is 15.9 Å². The van der Waals surface area contributed by atoms with Crippen molar-refractivity contribution in [1.82, 2.24) is 9.62 Å². The third-order valence-corrected chi connectivity index (χ3v) is 7.95. The van der Waals surface area contributed by atoms with Crippen molar-refractivity contribution in [3.8, 4) is 0 Å². The molecule has 1 aliphatic rings. The molecule has 0 aliphatic heterocycles. The molecule has 0 heterocycles. The van der Waals surface area contributed by atoms with Gasteiger partial charge < -0.3 is 5.32 Å². The predicted molar refractivity (Wildman–Crippen MR) is 118 cm³/mol. The SMILES string of the molecule is O=C(CN(C1CCCCC1)S(=O)(=O)c1ccc(Br)cc1)NCc1ccccc1Cl. The summed E-state index contributed by atoms with van der Waals surface area (Å²) in [5.41, 5.74) is 0.794. The summed E-state index contributed by atoms with van der Waals surface area (Å²) in [5.74, 6) is -0.337. The van der Waals surface area contributed by atoms with Gasteiger partial charge in [-0.1, -0.05) is 65.0 Å². The van der Waals surface area contributed by atoms with E-state index in [-0.39, 0.29) is 29.9 Å². The average molecular weight is 500 g/mol. The summed E-state index contributed by atoms with van der Waals surface area (Å²) in [6.07, 6.45) is 4.58. The van der Waals surface area contributed by atoms with Gasteiger partial charge in [-0.2, -0.15) is 4.31 Å². The number of carbonyl (C=O) groups excluding carboxylic acids is 1. The summed E-state index contributed by atoms with van der Waals surface area (Å²) in [5, 5.41) is 3.37. The van der Waals surface area contributed by atoms with E-state index in [1.165, 1.54) is 4.31 Å². The van der Waals surface area contributed by atoms with E-state index in [0.29, 0.717) is 5.02 Å². The smallest absolute Gasteiger partial charge is 0.243 e. The van der Waals surface area contributed by atoms with Crippen LogP contribution >= 0.6 is 27.5 Å². The molecule has 1 aliphatic carbocycles. The van der Waals surface area contributed by atoms with Crippen molar-refractivity contribution in [2.75, 3.05) is 6.54 Å². The van der Waals surface area contributed by atoms with Crippen LogP contribution in [0.15, 0.2) is 57.9 Å². The maximum atomic E-state index is 13.3. The van der Waals surface area contributed by atoms with Gasteiger partial charge in [-0.3, -0.25) is 4.79 Å². The molecule has 0 unspecified atom stereocenters. The standard InChI is InChI=1S/C21H24BrClN2O3S/c22-17-10-12-19(13-11-17)29(27,28)25(18-7-2-1-3-8-18)15-21(26)24-14-16-6-4-5-9-20(16)23/h4-6,9-13,18H,1-3,7-8,14-15H2,(H,24,26). The summed E-state index contributed by atoms with van der Waals surface area (Å²) < 4.78 is 28.8. The Balaban J connectivity index is 1.77. The Morgan fingerprint density at radius 3 is 2.38 bits per heavy atom. The van der Waals surface area contributed by atoms with Crippen LogP contribution in [-0.4, -0.2) is 31.2 Å². The molecule has 0 bridgehead atoms. The molecule has 5 nitrogen and oxygen atoms in total. The van der Waals surface area contributed by atoms with E-state index in [9.17, 15) is 13.2 Å². The first-order valence-electron chi connectivity index (χ1n) is 9.65. The Kier molecular flexibility index (Phi) is 7.73. The van der Waals surface area contributed by atoms with Crippen LogP contribution in [0.5, 0.6) is 0 Å². The van der Waals surface area contributed by atoms with Crippen molar-refractivity contribution < 1.29 is 13.2 Å². The number of hydrogen-bond acceptors (Lipinski definition) is 3. The molecule has 0 aromatic heterocycles. The molecule has 8 heteroatoms. The second-order valence-corrected chi connectivity index (χ2v) is 10.4. The van der Waals surface area contributed by atoms with Crippen molar-refractivity contribution in [1.29, 1.82) is 0 Å². The van der Waals surface area contributed by atoms with Crippen LogP contribution in [0.3, 0.4) is 0 Å². The van der Waals surface area contributed by atoms with Gasteiger partial charge in [-0.25, -0.2) is 8.42 Å². The molecule has 1 fully saturated rings. The maximum Gasteiger partial charge on any atom is 0.243 e. The van der Waals surface area contributed by atoms with Crippen molar-refractivity contribution in [2.45, 2.75) is 49.6 Å². The first-order valence-corrected chi connectivity index (χ1v) is 12.3. The number of amides is 1. The van der Waals surface area contributed by atoms with Crippen LogP contribution < -0.4 is 5.32 Å². The van der Waals surface area contributed by atoms with Gasteiger partial charge in [0.15, 0.2) is 0 Å². The second kappa shape index (κ2) is 10.1. The first-order chi connectivity index (χ1) is 13.9. The summed E-state index contributed by atoms with van der Waals surface area (Å²) in [7, 11) is -3.78. The number of rotatable bonds is 7. The van der Waals surface area contributed by atoms with Crippen LogP contribution in [0.1, 0.15) is 37.7 Å². The summed E-state index contributed by atoms with van der Waals surface area (Å²) in [6.45, 7) is 0.0584. The molecule has 1 N–H and O–H groups in total. The largest absolute Gasteiger partial charge is 0.351 e. The van der Waals surface area contributed by atoms with Gasteiger partial charge in [0, 0.05) is 22.1 Å². The molecule has 0 atom stereocenters. The highest BCUT2D eigenvalue weighted by Crippen LogP contribution is 2.28. The molecule has 3 rings (SSSR count). The minimum Gasteiger partial charge on any atom is -0.351 e. The number of benzene rings is 2. The second-order valence-electron chi connectivity index (χ2n) is 7.16. The van der Waals surface area contributed by atoms with E-state index in [2.05, 4.69) is 21.2 Å². The highest BCUT2D eigenvalue weighted by molar-refractivity contribution is 9.10. The highest BCUT2D eigenvalue weighted by atomic mass is 79.9. The fourth-order valence-corrected chi connectivity index (χ4v) is 5.66. The summed E-state index contributed by atoms with van der Waals surface area (Å²) in [6, 6.07) is 13.6. The van der Waals surface area contributed by atoms with Gasteiger partial charge in [0.25, 0.3) is 0 Å². The molecule has 0 spiro atoms. The van der Waals surface area contributed by atoms with Gasteiger partial charge in [-0.15, -0.1) is 0 Å². The number of nitrogens with one attached hydrogen (secondary N) is 1. The molecule has 156 valence electrons. The van der Waals surface area contributed by atoms with Crippen LogP contribution in [0.25, 0.3) is 0 Å². The fraction of sp³-hybridized carbons (Fsp3) is 0.381. The highest BCUT2D eigenvalue weighted by Gasteiger charge is 2.33. The number of halogens is 2. The Bertz CT molecular complexity index is 945. The van der Waals surface area contributed by atoms with E-state index in [0.717, 1.165) is 42.1 Å². The summed E-state index contributed by atoms with van der Waals surface area (Å²) in [4.78, 5) is 12.8. The molecular formula is C21H24BrClN2O3S. The molecular weight excluding hydrogens is 476 g/mol. The van der Waals surface area contributed by atoms with E-state index in [1.54, 1.807) is 30.3 Å². The normalized spacial score (nSPS) is 15.4. The van der Waals surface area contributed by atoms with Crippen molar-refractivity contribution in [3.63, 3.8) is 0 Å². The lowest BCUT2D eigenvalue weighted by atomic mass is 9.95. The number of carbonyl (C=O) groups is 1. The van der Waals surface area contributed by atoms with Crippen molar-refractivity contribution >= 4 is 43.5 Å². The van der Waals surface area contributed by atoms with Crippen LogP contribution in [0.2, 0.25) is 5.02 Å². The number of sulfonamides is 1. The lowest BCUT2D eigenvalue weighted by Gasteiger charge is -2.33. The zero-order valence-electron chi connectivity index (χ0n) is 16.0. The van der Waals surface area contributed by atoms with E-state index >= 15 is 0 Å². The first kappa shape index (κ1) is 22.3. The van der Waals surface area contributed by atoms with E-state index < -0.39 is 10.0 Å². The Morgan fingerprint density at radius 2 is 1.72 bits per heavy atom. The predicted octanol–water partition coefficient (Wildman–Crippen LogP) is 4.74. The molecule has 1 saturated carbocycles. The molecule has 2 aromatic rings. The van der Waals surface area contributed by atoms with Gasteiger partial charge in [0.05, 0.1) is 11.4 Å². The molecule has 0 radical (unpaired) electrons. The van der Waals surface area contributed by atoms with E-state index in [1.807, 2.05) is 18.2 Å². The minimum absolute atomic E-state index is 0.163. The van der Waals surface area contributed by atoms with Crippen LogP contribution in [0.4, 0.5) is 0 Å². The minimum atomic E-state index is -3.78. The number of nitrogens with zero attached hydrogens (tertiary/aromatic N) is 1. The zero-order valence-corrected chi connectivity index (χ0v) is 19.1. The van der Waals surface area contributed by atoms with Gasteiger partial charge in [-0.05, 0) is 48.7 Å². The monoisotopic (exact) mass is 498 g/mol. The lowest BCUT2D eigenvalue weighted by molar-refractivity contribution is -0.121. The van der Waals surface area contributed by atoms with Gasteiger partial charge >= 0.3 is 0 Å². The van der Waals surface area contributed by atoms with Crippen molar-refractivity contribution in [2.24, 2.45) is 0 Å². The van der Waals surface area contributed by atoms with Crippen LogP contribution in [-0.2, 0) is 21.4 Å². The maximum absolute atomic E-state index is 13.3. The van der Waals surface area contributed by atoms with Crippen LogP contribution in [0, 0.1) is 0 Å². The zero-order chi connectivity index (χ0) is 20.9. The number of hydrogen-bond donors (Lipinski definition) is 1. The topological polar surface area (TPSA) is 66.5 Å².